The van der Waals surface area contributed by atoms with Gasteiger partial charge in [-0.1, -0.05) is 19.1 Å². The van der Waals surface area contributed by atoms with Crippen molar-refractivity contribution in [3.05, 3.63) is 18.2 Å². The van der Waals surface area contributed by atoms with Crippen molar-refractivity contribution < 1.29 is 14.4 Å². The van der Waals surface area contributed by atoms with E-state index in [1.54, 1.807) is 29.9 Å². The van der Waals surface area contributed by atoms with E-state index in [1.165, 1.54) is 0 Å². The van der Waals surface area contributed by atoms with Crippen molar-refractivity contribution >= 4 is 34.6 Å². The Balaban J connectivity index is 1.46. The van der Waals surface area contributed by atoms with Gasteiger partial charge in [-0.05, 0) is 49.3 Å². The number of amides is 4. The highest BCUT2D eigenvalue weighted by molar-refractivity contribution is 6.10. The molecule has 148 valence electrons. The average molecular weight is 384 g/mol. The first-order chi connectivity index (χ1) is 13.3. The van der Waals surface area contributed by atoms with E-state index in [0.717, 1.165) is 16.8 Å². The van der Waals surface area contributed by atoms with E-state index < -0.39 is 17.5 Å². The lowest BCUT2D eigenvalue weighted by Crippen LogP contribution is -2.52. The number of fused-ring (bicyclic) bond motifs is 1. The number of carbonyl (C=O) groups is 3. The van der Waals surface area contributed by atoms with Crippen LogP contribution in [0, 0.1) is 11.8 Å². The van der Waals surface area contributed by atoms with Gasteiger partial charge in [0.25, 0.3) is 5.91 Å². The molecule has 1 saturated carbocycles. The zero-order valence-corrected chi connectivity index (χ0v) is 16.2. The Morgan fingerprint density at radius 2 is 2.00 bits per heavy atom. The Morgan fingerprint density at radius 3 is 2.71 bits per heavy atom. The van der Waals surface area contributed by atoms with Gasteiger partial charge < -0.3 is 10.6 Å². The Labute approximate surface area is 162 Å². The lowest BCUT2D eigenvalue weighted by Gasteiger charge is -2.37. The van der Waals surface area contributed by atoms with Gasteiger partial charge in [0, 0.05) is 12.7 Å². The largest absolute Gasteiger partial charge is 0.325 e. The summed E-state index contributed by atoms with van der Waals surface area (Å²) < 4.78 is 1.64. The van der Waals surface area contributed by atoms with Crippen LogP contribution in [-0.2, 0) is 16.6 Å². The van der Waals surface area contributed by atoms with E-state index in [0.29, 0.717) is 35.9 Å². The number of carbonyl (C=O) groups excluding carboxylic acids is 3. The normalized spacial score (nSPS) is 27.5. The molecule has 4 amide bonds. The van der Waals surface area contributed by atoms with Crippen molar-refractivity contribution in [1.29, 1.82) is 0 Å². The fraction of sp³-hybridized carbons (Fsp3) is 0.526. The highest BCUT2D eigenvalue weighted by atomic mass is 16.2. The molecule has 2 heterocycles. The van der Waals surface area contributed by atoms with Gasteiger partial charge >= 0.3 is 6.03 Å². The number of anilines is 1. The van der Waals surface area contributed by atoms with Crippen molar-refractivity contribution in [2.75, 3.05) is 11.9 Å². The first-order valence-corrected chi connectivity index (χ1v) is 9.51. The number of aromatic nitrogens is 3. The third-order valence-electron chi connectivity index (χ3n) is 5.64. The molecule has 2 unspecified atom stereocenters. The monoisotopic (exact) mass is 384 g/mol. The molecule has 1 aromatic carbocycles. The summed E-state index contributed by atoms with van der Waals surface area (Å²) >= 11 is 0. The predicted molar refractivity (Wildman–Crippen MR) is 102 cm³/mol. The van der Waals surface area contributed by atoms with Crippen LogP contribution in [0.3, 0.4) is 0 Å². The molecule has 2 aliphatic rings. The molecule has 1 spiro atoms. The molecule has 2 N–H and O–H groups in total. The number of benzene rings is 1. The maximum absolute atomic E-state index is 13.0. The van der Waals surface area contributed by atoms with Gasteiger partial charge in [0.05, 0.1) is 5.52 Å². The molecule has 2 fully saturated rings. The molecular formula is C19H24N6O3. The summed E-state index contributed by atoms with van der Waals surface area (Å²) in [4.78, 5) is 38.9. The standard InChI is InChI=1S/C19H24N6O3/c1-11-6-12(2)9-19(8-11)17(27)25(18(28)21-19)10-16(26)20-13-4-5-15-14(7-13)22-23-24(15)3/h4-5,7,11-12H,6,8-10H2,1-3H3,(H,20,26)(H,21,28). The predicted octanol–water partition coefficient (Wildman–Crippen LogP) is 1.65. The number of imide groups is 1. The van der Waals surface area contributed by atoms with Crippen LogP contribution in [0.1, 0.15) is 33.1 Å². The van der Waals surface area contributed by atoms with Gasteiger partial charge in [0.1, 0.15) is 17.6 Å². The smallest absolute Gasteiger partial charge is 0.324 e. The quantitative estimate of drug-likeness (QED) is 0.782. The zero-order chi connectivity index (χ0) is 20.1. The van der Waals surface area contributed by atoms with Crippen molar-refractivity contribution in [3.63, 3.8) is 0 Å². The minimum Gasteiger partial charge on any atom is -0.324 e. The summed E-state index contributed by atoms with van der Waals surface area (Å²) in [5, 5.41) is 13.5. The lowest BCUT2D eigenvalue weighted by atomic mass is 9.71. The zero-order valence-electron chi connectivity index (χ0n) is 16.2. The molecule has 9 nitrogen and oxygen atoms in total. The second kappa shape index (κ2) is 6.57. The van der Waals surface area contributed by atoms with E-state index in [9.17, 15) is 14.4 Å². The SMILES string of the molecule is CC1CC(C)CC2(C1)NC(=O)N(CC(=O)Nc1ccc3c(c1)nnn3C)C2=O. The van der Waals surface area contributed by atoms with Gasteiger partial charge in [-0.2, -0.15) is 0 Å². The number of aryl methyl sites for hydroxylation is 1. The van der Waals surface area contributed by atoms with E-state index in [4.69, 9.17) is 0 Å². The third-order valence-corrected chi connectivity index (χ3v) is 5.64. The van der Waals surface area contributed by atoms with Crippen LogP contribution in [0.4, 0.5) is 10.5 Å². The van der Waals surface area contributed by atoms with E-state index in [1.807, 2.05) is 0 Å². The molecule has 0 radical (unpaired) electrons. The minimum absolute atomic E-state index is 0.296. The number of nitrogens with one attached hydrogen (secondary N) is 2. The van der Waals surface area contributed by atoms with Crippen LogP contribution >= 0.6 is 0 Å². The molecule has 4 rings (SSSR count). The number of nitrogens with zero attached hydrogens (tertiary/aromatic N) is 4. The van der Waals surface area contributed by atoms with Crippen molar-refractivity contribution in [3.8, 4) is 0 Å². The first kappa shape index (κ1) is 18.4. The van der Waals surface area contributed by atoms with Crippen LogP contribution in [0.15, 0.2) is 18.2 Å². The first-order valence-electron chi connectivity index (χ1n) is 9.51. The number of hydrogen-bond acceptors (Lipinski definition) is 5. The maximum Gasteiger partial charge on any atom is 0.325 e. The highest BCUT2D eigenvalue weighted by Crippen LogP contribution is 2.39. The van der Waals surface area contributed by atoms with Crippen molar-refractivity contribution in [2.24, 2.45) is 18.9 Å². The number of hydrogen-bond donors (Lipinski definition) is 2. The topological polar surface area (TPSA) is 109 Å². The van der Waals surface area contributed by atoms with E-state index >= 15 is 0 Å². The lowest BCUT2D eigenvalue weighted by molar-refractivity contribution is -0.135. The summed E-state index contributed by atoms with van der Waals surface area (Å²) in [5.41, 5.74) is 1.17. The van der Waals surface area contributed by atoms with Gasteiger partial charge in [-0.25, -0.2) is 9.48 Å². The summed E-state index contributed by atoms with van der Waals surface area (Å²) in [6.45, 7) is 3.87. The van der Waals surface area contributed by atoms with Crippen LogP contribution in [0.2, 0.25) is 0 Å². The Kier molecular flexibility index (Phi) is 4.32. The number of urea groups is 1. The fourth-order valence-electron chi connectivity index (χ4n) is 4.69. The van der Waals surface area contributed by atoms with Crippen LogP contribution < -0.4 is 10.6 Å². The summed E-state index contributed by atoms with van der Waals surface area (Å²) in [6, 6.07) is 4.75. The molecular weight excluding hydrogens is 360 g/mol. The molecule has 0 bridgehead atoms. The second-order valence-electron chi connectivity index (χ2n) is 8.22. The summed E-state index contributed by atoms with van der Waals surface area (Å²) in [5.74, 6) is -0.0305. The highest BCUT2D eigenvalue weighted by Gasteiger charge is 2.54. The van der Waals surface area contributed by atoms with E-state index in [2.05, 4.69) is 34.8 Å². The molecule has 2 atom stereocenters. The van der Waals surface area contributed by atoms with Gasteiger partial charge in [0.15, 0.2) is 0 Å². The molecule has 1 aliphatic carbocycles. The molecule has 28 heavy (non-hydrogen) atoms. The summed E-state index contributed by atoms with van der Waals surface area (Å²) in [6.07, 6.45) is 2.27. The van der Waals surface area contributed by atoms with Gasteiger partial charge in [-0.3, -0.25) is 14.5 Å². The minimum atomic E-state index is -0.868. The number of rotatable bonds is 3. The van der Waals surface area contributed by atoms with E-state index in [-0.39, 0.29) is 12.5 Å². The van der Waals surface area contributed by atoms with Gasteiger partial charge in [-0.15, -0.1) is 5.10 Å². The maximum atomic E-state index is 13.0. The van der Waals surface area contributed by atoms with Crippen molar-refractivity contribution in [1.82, 2.24) is 25.2 Å². The Bertz CT molecular complexity index is 958. The molecule has 1 saturated heterocycles. The molecule has 1 aliphatic heterocycles. The molecule has 1 aromatic heterocycles. The fourth-order valence-corrected chi connectivity index (χ4v) is 4.69. The van der Waals surface area contributed by atoms with Crippen LogP contribution in [-0.4, -0.2) is 49.8 Å². The van der Waals surface area contributed by atoms with Gasteiger partial charge in [0.2, 0.25) is 5.91 Å². The third kappa shape index (κ3) is 3.10. The Morgan fingerprint density at radius 1 is 1.29 bits per heavy atom. The molecule has 2 aromatic rings. The van der Waals surface area contributed by atoms with Crippen LogP contribution in [0.5, 0.6) is 0 Å². The second-order valence-corrected chi connectivity index (χ2v) is 8.22. The summed E-state index contributed by atoms with van der Waals surface area (Å²) in [7, 11) is 1.79. The van der Waals surface area contributed by atoms with Crippen molar-refractivity contribution in [2.45, 2.75) is 38.6 Å². The Hall–Kier alpha value is -2.97. The average Bonchev–Trinajstić information content (AvgIpc) is 3.07. The van der Waals surface area contributed by atoms with Crippen LogP contribution in [0.25, 0.3) is 11.0 Å². The molecule has 9 heteroatoms.